The molecule has 0 aliphatic carbocycles. The zero-order chi connectivity index (χ0) is 25.9. The van der Waals surface area contributed by atoms with Crippen LogP contribution in [0.1, 0.15) is 48.9 Å². The summed E-state index contributed by atoms with van der Waals surface area (Å²) in [5, 5.41) is 26.8. The lowest BCUT2D eigenvalue weighted by Gasteiger charge is -2.54. The van der Waals surface area contributed by atoms with E-state index in [2.05, 4.69) is 17.2 Å². The highest BCUT2D eigenvalue weighted by molar-refractivity contribution is 7.98. The van der Waals surface area contributed by atoms with Gasteiger partial charge in [-0.05, 0) is 49.8 Å². The molecular weight excluding hydrogens is 476 g/mol. The van der Waals surface area contributed by atoms with Crippen LogP contribution in [0.2, 0.25) is 0 Å². The molecule has 9 heteroatoms. The number of thioether (sulfide) groups is 1. The Hall–Kier alpha value is -3.82. The van der Waals surface area contributed by atoms with Crippen LogP contribution in [-0.4, -0.2) is 48.2 Å². The Labute approximate surface area is 214 Å². The number of hydrogen-bond donors (Lipinski definition) is 0. The Morgan fingerprint density at radius 2 is 1.72 bits per heavy atom. The third-order valence-electron chi connectivity index (χ3n) is 6.84. The maximum Gasteiger partial charge on any atom is 0.326 e. The molecule has 2 aliphatic rings. The van der Waals surface area contributed by atoms with Gasteiger partial charge in [-0.15, -0.1) is 11.8 Å². The predicted molar refractivity (Wildman–Crippen MR) is 134 cm³/mol. The summed E-state index contributed by atoms with van der Waals surface area (Å²) in [6, 6.07) is 17.9. The Balaban J connectivity index is 2.07. The van der Waals surface area contributed by atoms with E-state index < -0.39 is 34.9 Å². The lowest BCUT2D eigenvalue weighted by atomic mass is 9.59. The molecule has 184 valence electrons. The van der Waals surface area contributed by atoms with Crippen molar-refractivity contribution in [2.24, 2.45) is 10.5 Å². The molecule has 1 fully saturated rings. The minimum atomic E-state index is -1.86. The summed E-state index contributed by atoms with van der Waals surface area (Å²) in [6.07, 6.45) is 3.36. The average Bonchev–Trinajstić information content (AvgIpc) is 2.92. The van der Waals surface area contributed by atoms with Crippen molar-refractivity contribution in [2.45, 2.75) is 42.7 Å². The second-order valence-corrected chi connectivity index (χ2v) is 9.44. The van der Waals surface area contributed by atoms with E-state index in [0.717, 1.165) is 4.90 Å². The number of carbonyl (C=O) groups excluding carboxylic acids is 2. The van der Waals surface area contributed by atoms with Crippen LogP contribution in [-0.2, 0) is 19.1 Å². The topological polar surface area (TPSA) is 116 Å². The fourth-order valence-corrected chi connectivity index (χ4v) is 5.64. The van der Waals surface area contributed by atoms with E-state index >= 15 is 0 Å². The van der Waals surface area contributed by atoms with E-state index in [9.17, 15) is 20.1 Å². The monoisotopic (exact) mass is 502 g/mol. The maximum absolute atomic E-state index is 13.8. The van der Waals surface area contributed by atoms with Crippen LogP contribution in [0.25, 0.3) is 0 Å². The summed E-state index contributed by atoms with van der Waals surface area (Å²) in [4.78, 5) is 28.6. The Morgan fingerprint density at radius 1 is 1.08 bits per heavy atom. The van der Waals surface area contributed by atoms with Crippen molar-refractivity contribution in [1.29, 1.82) is 10.5 Å². The molecule has 2 aromatic carbocycles. The zero-order valence-electron chi connectivity index (χ0n) is 20.3. The molecule has 2 aromatic rings. The molecule has 8 nitrogen and oxygen atoms in total. The number of rotatable bonds is 6. The molecule has 0 bridgehead atoms. The van der Waals surface area contributed by atoms with Crippen LogP contribution >= 0.6 is 11.8 Å². The van der Waals surface area contributed by atoms with E-state index in [1.165, 1.54) is 5.01 Å². The third kappa shape index (κ3) is 3.71. The normalized spacial score (nSPS) is 20.8. The van der Waals surface area contributed by atoms with E-state index in [1.807, 2.05) is 30.5 Å². The summed E-state index contributed by atoms with van der Waals surface area (Å²) in [5.41, 5.74) is -1.72. The summed E-state index contributed by atoms with van der Waals surface area (Å²) in [6.45, 7) is 3.43. The number of esters is 2. The van der Waals surface area contributed by atoms with Gasteiger partial charge in [-0.2, -0.15) is 15.6 Å². The third-order valence-corrected chi connectivity index (χ3v) is 7.56. The molecule has 0 saturated carbocycles. The van der Waals surface area contributed by atoms with Crippen molar-refractivity contribution in [3.63, 3.8) is 0 Å². The standard InChI is InChI=1S/C27H26N4O4S/c1-4-34-24(32)27(25(33)35-5-2)14-22(18-9-7-6-8-10-18)26(16-28,17-29)31-23(27)21-12-11-20(36-3)13-19(21)15-30-31/h6-13,15,22-23H,4-5,14H2,1-3H3/t22-,23+/m1/s1. The van der Waals surface area contributed by atoms with Crippen LogP contribution in [0.3, 0.4) is 0 Å². The van der Waals surface area contributed by atoms with Gasteiger partial charge in [0.15, 0.2) is 5.41 Å². The van der Waals surface area contributed by atoms with Crippen LogP contribution in [0, 0.1) is 28.1 Å². The maximum atomic E-state index is 13.8. The highest BCUT2D eigenvalue weighted by Gasteiger charge is 2.69. The van der Waals surface area contributed by atoms with Gasteiger partial charge in [0.25, 0.3) is 0 Å². The number of ether oxygens (including phenoxy) is 2. The van der Waals surface area contributed by atoms with Crippen molar-refractivity contribution in [3.8, 4) is 12.1 Å². The van der Waals surface area contributed by atoms with Gasteiger partial charge in [0.2, 0.25) is 5.54 Å². The molecule has 1 saturated heterocycles. The highest BCUT2D eigenvalue weighted by Crippen LogP contribution is 2.59. The van der Waals surface area contributed by atoms with Gasteiger partial charge in [0.1, 0.15) is 18.2 Å². The number of hydrazone groups is 1. The number of piperidine rings is 1. The summed E-state index contributed by atoms with van der Waals surface area (Å²) >= 11 is 1.54. The van der Waals surface area contributed by atoms with Gasteiger partial charge >= 0.3 is 11.9 Å². The Morgan fingerprint density at radius 3 is 2.28 bits per heavy atom. The van der Waals surface area contributed by atoms with Gasteiger partial charge < -0.3 is 9.47 Å². The largest absolute Gasteiger partial charge is 0.465 e. The second kappa shape index (κ2) is 10.0. The molecule has 36 heavy (non-hydrogen) atoms. The van der Waals surface area contributed by atoms with E-state index in [1.54, 1.807) is 56.1 Å². The molecule has 2 heterocycles. The zero-order valence-corrected chi connectivity index (χ0v) is 21.1. The summed E-state index contributed by atoms with van der Waals surface area (Å²) in [7, 11) is 0. The summed E-state index contributed by atoms with van der Waals surface area (Å²) < 4.78 is 11.0. The number of nitriles is 2. The fraction of sp³-hybridized carbons (Fsp3) is 0.370. The van der Waals surface area contributed by atoms with E-state index in [0.29, 0.717) is 16.7 Å². The SMILES string of the molecule is CCOC(=O)C1(C(=O)OCC)C[C@H](c2ccccc2)C(C#N)(C#N)N2N=Cc3cc(SC)ccc3[C@H]21. The molecule has 0 aromatic heterocycles. The van der Waals surface area contributed by atoms with Crippen molar-refractivity contribution in [2.75, 3.05) is 19.5 Å². The first-order chi connectivity index (χ1) is 17.4. The molecule has 0 radical (unpaired) electrons. The Kier molecular flexibility index (Phi) is 7.05. The molecule has 2 atom stereocenters. The van der Waals surface area contributed by atoms with Gasteiger partial charge in [-0.1, -0.05) is 36.4 Å². The lowest BCUT2D eigenvalue weighted by Crippen LogP contribution is -2.65. The average molecular weight is 503 g/mol. The molecule has 0 N–H and O–H groups in total. The van der Waals surface area contributed by atoms with Crippen molar-refractivity contribution < 1.29 is 19.1 Å². The van der Waals surface area contributed by atoms with Gasteiger partial charge in [0, 0.05) is 16.4 Å². The fourth-order valence-electron chi connectivity index (χ4n) is 5.19. The first kappa shape index (κ1) is 25.3. The van der Waals surface area contributed by atoms with Crippen molar-refractivity contribution in [3.05, 3.63) is 65.2 Å². The molecular formula is C27H26N4O4S. The number of carbonyl (C=O) groups is 2. The smallest absolute Gasteiger partial charge is 0.326 e. The first-order valence-electron chi connectivity index (χ1n) is 11.7. The molecule has 4 rings (SSSR count). The minimum Gasteiger partial charge on any atom is -0.465 e. The Bertz CT molecular complexity index is 1250. The number of benzene rings is 2. The number of nitrogens with zero attached hydrogens (tertiary/aromatic N) is 4. The molecule has 0 spiro atoms. The molecule has 0 amide bonds. The molecule has 0 unspecified atom stereocenters. The number of fused-ring (bicyclic) bond motifs is 3. The minimum absolute atomic E-state index is 0.0475. The van der Waals surface area contributed by atoms with Crippen LogP contribution in [0.15, 0.2) is 58.5 Å². The van der Waals surface area contributed by atoms with Crippen LogP contribution in [0.4, 0.5) is 0 Å². The number of hydrogen-bond acceptors (Lipinski definition) is 9. The lowest BCUT2D eigenvalue weighted by molar-refractivity contribution is -0.187. The summed E-state index contributed by atoms with van der Waals surface area (Å²) in [5.74, 6) is -2.38. The van der Waals surface area contributed by atoms with Gasteiger partial charge in [-0.25, -0.2) is 0 Å². The van der Waals surface area contributed by atoms with Gasteiger partial charge in [0.05, 0.1) is 19.4 Å². The van der Waals surface area contributed by atoms with Gasteiger partial charge in [-0.3, -0.25) is 14.6 Å². The van der Waals surface area contributed by atoms with E-state index in [4.69, 9.17) is 9.47 Å². The first-order valence-corrected chi connectivity index (χ1v) is 12.9. The predicted octanol–water partition coefficient (Wildman–Crippen LogP) is 4.19. The second-order valence-electron chi connectivity index (χ2n) is 8.56. The quantitative estimate of drug-likeness (QED) is 0.328. The van der Waals surface area contributed by atoms with Crippen molar-refractivity contribution >= 4 is 29.9 Å². The molecule has 2 aliphatic heterocycles. The van der Waals surface area contributed by atoms with Crippen LogP contribution in [0.5, 0.6) is 0 Å². The van der Waals surface area contributed by atoms with E-state index in [-0.39, 0.29) is 19.6 Å². The van der Waals surface area contributed by atoms with Crippen molar-refractivity contribution in [1.82, 2.24) is 5.01 Å². The highest BCUT2D eigenvalue weighted by atomic mass is 32.2. The van der Waals surface area contributed by atoms with Crippen LogP contribution < -0.4 is 0 Å².